The fraction of sp³-hybridized carbons (Fsp3) is 0.529. The first-order chi connectivity index (χ1) is 12.2. The maximum atomic E-state index is 10.9. The number of ether oxygens (including phenoxy) is 1. The number of hydrogen-bond donors (Lipinski definition) is 0. The van der Waals surface area contributed by atoms with Gasteiger partial charge in [0.15, 0.2) is 0 Å². The van der Waals surface area contributed by atoms with E-state index in [-0.39, 0.29) is 5.69 Å². The summed E-state index contributed by atoms with van der Waals surface area (Å²) in [4.78, 5) is 17.3. The van der Waals surface area contributed by atoms with E-state index in [1.807, 2.05) is 0 Å². The molecule has 1 aliphatic heterocycles. The Bertz CT molecular complexity index is 761. The first-order valence-corrected chi connectivity index (χ1v) is 8.64. The lowest BCUT2D eigenvalue weighted by Gasteiger charge is -2.43. The minimum Gasteiger partial charge on any atom is -0.375 e. The highest BCUT2D eigenvalue weighted by atomic mass is 16.6. The molecule has 0 unspecified atom stereocenters. The number of morpholine rings is 1. The summed E-state index contributed by atoms with van der Waals surface area (Å²) in [7, 11) is 0. The number of nitro groups is 1. The highest BCUT2D eigenvalue weighted by molar-refractivity contribution is 5.58. The van der Waals surface area contributed by atoms with E-state index in [2.05, 4.69) is 15.0 Å². The van der Waals surface area contributed by atoms with Crippen molar-refractivity contribution < 1.29 is 14.2 Å². The van der Waals surface area contributed by atoms with Crippen LogP contribution in [0.5, 0.6) is 0 Å². The highest BCUT2D eigenvalue weighted by Crippen LogP contribution is 2.29. The van der Waals surface area contributed by atoms with Crippen molar-refractivity contribution in [2.24, 2.45) is 0 Å². The molecular weight excluding hydrogens is 324 g/mol. The molecule has 1 saturated carbocycles. The number of nitro benzene ring substituents is 1. The number of non-ortho nitro benzene ring substituents is 1. The van der Waals surface area contributed by atoms with Crippen LogP contribution in [0.1, 0.15) is 31.6 Å². The summed E-state index contributed by atoms with van der Waals surface area (Å²) in [5.74, 6) is 0.917. The molecule has 0 bridgehead atoms. The van der Waals surface area contributed by atoms with Crippen molar-refractivity contribution in [2.45, 2.75) is 44.4 Å². The molecule has 2 aliphatic rings. The van der Waals surface area contributed by atoms with Gasteiger partial charge in [0.05, 0.1) is 24.2 Å². The molecule has 132 valence electrons. The summed E-state index contributed by atoms with van der Waals surface area (Å²) in [6.07, 6.45) is 5.01. The summed E-state index contributed by atoms with van der Waals surface area (Å²) in [5, 5.41) is 14.9. The third kappa shape index (κ3) is 3.40. The number of benzene rings is 1. The van der Waals surface area contributed by atoms with E-state index in [0.717, 1.165) is 26.0 Å². The van der Waals surface area contributed by atoms with Gasteiger partial charge in [-0.05, 0) is 12.8 Å². The second-order valence-corrected chi connectivity index (χ2v) is 6.55. The predicted molar refractivity (Wildman–Crippen MR) is 88.8 cm³/mol. The van der Waals surface area contributed by atoms with E-state index in [1.54, 1.807) is 12.1 Å². The number of hydrogen-bond acceptors (Lipinski definition) is 7. The van der Waals surface area contributed by atoms with Crippen LogP contribution in [-0.2, 0) is 11.3 Å². The topological polar surface area (TPSA) is 94.5 Å². The number of nitrogens with zero attached hydrogens (tertiary/aromatic N) is 4. The number of aromatic nitrogens is 2. The third-order valence-electron chi connectivity index (χ3n) is 4.97. The second-order valence-electron chi connectivity index (χ2n) is 6.55. The zero-order valence-electron chi connectivity index (χ0n) is 13.8. The van der Waals surface area contributed by atoms with Crippen LogP contribution in [0.4, 0.5) is 5.69 Å². The molecule has 2 aromatic rings. The van der Waals surface area contributed by atoms with E-state index in [0.29, 0.717) is 36.0 Å². The Morgan fingerprint density at radius 1 is 1.32 bits per heavy atom. The fourth-order valence-corrected chi connectivity index (χ4v) is 3.74. The molecule has 0 amide bonds. The largest absolute Gasteiger partial charge is 0.375 e. The van der Waals surface area contributed by atoms with E-state index >= 15 is 0 Å². The van der Waals surface area contributed by atoms with Gasteiger partial charge in [-0.2, -0.15) is 4.98 Å². The van der Waals surface area contributed by atoms with Crippen LogP contribution < -0.4 is 0 Å². The van der Waals surface area contributed by atoms with Gasteiger partial charge in [-0.3, -0.25) is 15.0 Å². The molecule has 1 aliphatic carbocycles. The van der Waals surface area contributed by atoms with Gasteiger partial charge >= 0.3 is 0 Å². The lowest BCUT2D eigenvalue weighted by atomic mass is 9.90. The van der Waals surface area contributed by atoms with Gasteiger partial charge in [0, 0.05) is 30.3 Å². The van der Waals surface area contributed by atoms with Crippen molar-refractivity contribution in [2.75, 3.05) is 13.2 Å². The van der Waals surface area contributed by atoms with Gasteiger partial charge in [-0.1, -0.05) is 30.1 Å². The zero-order chi connectivity index (χ0) is 17.2. The van der Waals surface area contributed by atoms with Crippen LogP contribution >= 0.6 is 0 Å². The maximum Gasteiger partial charge on any atom is 0.270 e. The third-order valence-corrected chi connectivity index (χ3v) is 4.97. The monoisotopic (exact) mass is 344 g/mol. The Morgan fingerprint density at radius 2 is 2.20 bits per heavy atom. The van der Waals surface area contributed by atoms with Gasteiger partial charge in [-0.25, -0.2) is 0 Å². The highest BCUT2D eigenvalue weighted by Gasteiger charge is 2.34. The van der Waals surface area contributed by atoms with Crippen molar-refractivity contribution in [1.82, 2.24) is 15.0 Å². The molecule has 0 spiro atoms. The van der Waals surface area contributed by atoms with Crippen molar-refractivity contribution >= 4 is 5.69 Å². The number of rotatable bonds is 4. The van der Waals surface area contributed by atoms with Gasteiger partial charge in [-0.15, -0.1) is 0 Å². The van der Waals surface area contributed by atoms with Gasteiger partial charge in [0.1, 0.15) is 0 Å². The maximum absolute atomic E-state index is 10.9. The molecule has 0 N–H and O–H groups in total. The summed E-state index contributed by atoms with van der Waals surface area (Å²) in [6, 6.07) is 6.68. The standard InChI is InChI=1S/C17H20N4O4/c22-21(23)13-5-3-4-12(10-13)17-18-16(25-19-17)11-20-8-9-24-15-7-2-1-6-14(15)20/h3-5,10,14-15H,1-2,6-9,11H2/t14-,15+/m1/s1. The van der Waals surface area contributed by atoms with Crippen LogP contribution in [0.3, 0.4) is 0 Å². The zero-order valence-corrected chi connectivity index (χ0v) is 13.8. The Balaban J connectivity index is 1.49. The van der Waals surface area contributed by atoms with E-state index in [4.69, 9.17) is 9.26 Å². The van der Waals surface area contributed by atoms with Crippen LogP contribution in [0.2, 0.25) is 0 Å². The molecule has 1 saturated heterocycles. The smallest absolute Gasteiger partial charge is 0.270 e. The van der Waals surface area contributed by atoms with Crippen LogP contribution in [0.25, 0.3) is 11.4 Å². The molecule has 8 heteroatoms. The van der Waals surface area contributed by atoms with Crippen LogP contribution in [-0.4, -0.2) is 45.3 Å². The first kappa shape index (κ1) is 16.2. The molecule has 1 aromatic carbocycles. The quantitative estimate of drug-likeness (QED) is 0.621. The molecule has 2 atom stereocenters. The second kappa shape index (κ2) is 6.89. The molecule has 8 nitrogen and oxygen atoms in total. The molecule has 2 fully saturated rings. The Labute approximate surface area is 144 Å². The SMILES string of the molecule is O=[N+]([O-])c1cccc(-c2noc(CN3CCO[C@H]4CCCC[C@H]43)n2)c1. The van der Waals surface area contributed by atoms with E-state index in [9.17, 15) is 10.1 Å². The van der Waals surface area contributed by atoms with Crippen molar-refractivity contribution in [3.05, 3.63) is 40.3 Å². The molecule has 0 radical (unpaired) electrons. The van der Waals surface area contributed by atoms with Crippen molar-refractivity contribution in [1.29, 1.82) is 0 Å². The molecule has 2 heterocycles. The molecular formula is C17H20N4O4. The Kier molecular flexibility index (Phi) is 4.46. The lowest BCUT2D eigenvalue weighted by Crippen LogP contribution is -2.52. The molecule has 25 heavy (non-hydrogen) atoms. The lowest BCUT2D eigenvalue weighted by molar-refractivity contribution is -0.384. The van der Waals surface area contributed by atoms with E-state index < -0.39 is 4.92 Å². The van der Waals surface area contributed by atoms with Gasteiger partial charge < -0.3 is 9.26 Å². The Morgan fingerprint density at radius 3 is 3.08 bits per heavy atom. The predicted octanol–water partition coefficient (Wildman–Crippen LogP) is 2.79. The molecule has 1 aromatic heterocycles. The first-order valence-electron chi connectivity index (χ1n) is 8.64. The van der Waals surface area contributed by atoms with Crippen LogP contribution in [0.15, 0.2) is 28.8 Å². The minimum atomic E-state index is -0.429. The summed E-state index contributed by atoms with van der Waals surface area (Å²) < 4.78 is 11.3. The average molecular weight is 344 g/mol. The average Bonchev–Trinajstić information content (AvgIpc) is 3.11. The normalized spacial score (nSPS) is 24.0. The van der Waals surface area contributed by atoms with Crippen LogP contribution in [0, 0.1) is 10.1 Å². The summed E-state index contributed by atoms with van der Waals surface area (Å²) >= 11 is 0. The number of fused-ring (bicyclic) bond motifs is 1. The van der Waals surface area contributed by atoms with Gasteiger partial charge in [0.25, 0.3) is 5.69 Å². The van der Waals surface area contributed by atoms with Crippen molar-refractivity contribution in [3.63, 3.8) is 0 Å². The summed E-state index contributed by atoms with van der Waals surface area (Å²) in [6.45, 7) is 2.18. The fourth-order valence-electron chi connectivity index (χ4n) is 3.74. The summed E-state index contributed by atoms with van der Waals surface area (Å²) in [5.41, 5.74) is 0.601. The molecule has 4 rings (SSSR count). The van der Waals surface area contributed by atoms with Crippen molar-refractivity contribution in [3.8, 4) is 11.4 Å². The minimum absolute atomic E-state index is 0.0158. The van der Waals surface area contributed by atoms with E-state index in [1.165, 1.54) is 25.0 Å². The van der Waals surface area contributed by atoms with Gasteiger partial charge in [0.2, 0.25) is 11.7 Å². The Hall–Kier alpha value is -2.32.